The third-order valence-corrected chi connectivity index (χ3v) is 5.06. The van der Waals surface area contributed by atoms with E-state index in [1.165, 1.54) is 7.11 Å². The van der Waals surface area contributed by atoms with Gasteiger partial charge in [-0.2, -0.15) is 0 Å². The Morgan fingerprint density at radius 3 is 2.41 bits per heavy atom. The molecule has 0 saturated heterocycles. The Morgan fingerprint density at radius 2 is 1.69 bits per heavy atom. The molecule has 146 valence electrons. The minimum absolute atomic E-state index is 0.0541. The van der Waals surface area contributed by atoms with Crippen molar-refractivity contribution < 1.29 is 14.3 Å². The van der Waals surface area contributed by atoms with Crippen LogP contribution in [-0.4, -0.2) is 32.1 Å². The lowest BCUT2D eigenvalue weighted by Gasteiger charge is -2.17. The van der Waals surface area contributed by atoms with Gasteiger partial charge in [-0.1, -0.05) is 42.5 Å². The summed E-state index contributed by atoms with van der Waals surface area (Å²) in [6.45, 7) is 0.701. The summed E-state index contributed by atoms with van der Waals surface area (Å²) >= 11 is 0. The number of anilines is 2. The number of nitrogens with one attached hydrogen (secondary N) is 1. The molecular formula is C24H22N2O3. The highest BCUT2D eigenvalue weighted by Crippen LogP contribution is 2.31. The first-order valence-electron chi connectivity index (χ1n) is 9.55. The molecule has 3 aromatic carbocycles. The van der Waals surface area contributed by atoms with Crippen LogP contribution in [0.25, 0.3) is 11.1 Å². The number of ether oxygens (including phenoxy) is 1. The Hall–Kier alpha value is -3.44. The number of carbonyl (C=O) groups is 2. The highest BCUT2D eigenvalue weighted by molar-refractivity contribution is 6.05. The van der Waals surface area contributed by atoms with Crippen molar-refractivity contribution in [3.63, 3.8) is 0 Å². The fourth-order valence-electron chi connectivity index (χ4n) is 3.59. The smallest absolute Gasteiger partial charge is 0.255 e. The van der Waals surface area contributed by atoms with Gasteiger partial charge in [-0.25, -0.2) is 0 Å². The van der Waals surface area contributed by atoms with E-state index in [-0.39, 0.29) is 18.4 Å². The van der Waals surface area contributed by atoms with Crippen molar-refractivity contribution in [2.45, 2.75) is 6.42 Å². The van der Waals surface area contributed by atoms with E-state index in [1.54, 1.807) is 4.90 Å². The van der Waals surface area contributed by atoms with E-state index < -0.39 is 0 Å². The van der Waals surface area contributed by atoms with Gasteiger partial charge in [0.15, 0.2) is 0 Å². The number of nitrogens with zero attached hydrogens (tertiary/aromatic N) is 1. The maximum atomic E-state index is 12.6. The van der Waals surface area contributed by atoms with E-state index in [9.17, 15) is 9.59 Å². The number of methoxy groups -OCH3 is 1. The van der Waals surface area contributed by atoms with Crippen LogP contribution >= 0.6 is 0 Å². The lowest BCUT2D eigenvalue weighted by Crippen LogP contribution is -2.31. The van der Waals surface area contributed by atoms with Crippen molar-refractivity contribution in [3.05, 3.63) is 83.9 Å². The molecule has 5 nitrogen and oxygen atoms in total. The molecule has 1 aliphatic rings. The molecule has 0 fully saturated rings. The fraction of sp³-hybridized carbons (Fsp3) is 0.167. The van der Waals surface area contributed by atoms with Gasteiger partial charge < -0.3 is 15.0 Å². The quantitative estimate of drug-likeness (QED) is 0.717. The Bertz CT molecular complexity index is 1030. The van der Waals surface area contributed by atoms with Crippen LogP contribution in [0.3, 0.4) is 0 Å². The molecular weight excluding hydrogens is 364 g/mol. The second kappa shape index (κ2) is 8.29. The number of fused-ring (bicyclic) bond motifs is 1. The summed E-state index contributed by atoms with van der Waals surface area (Å²) < 4.78 is 4.94. The molecule has 5 heteroatoms. The van der Waals surface area contributed by atoms with Gasteiger partial charge in [0.05, 0.1) is 0 Å². The van der Waals surface area contributed by atoms with Crippen LogP contribution in [-0.2, 0) is 16.0 Å². The summed E-state index contributed by atoms with van der Waals surface area (Å²) in [4.78, 5) is 26.5. The third-order valence-electron chi connectivity index (χ3n) is 5.06. The summed E-state index contributed by atoms with van der Waals surface area (Å²) in [5.41, 5.74) is 5.44. The second-order valence-corrected chi connectivity index (χ2v) is 6.97. The molecule has 3 aromatic rings. The number of hydrogen-bond donors (Lipinski definition) is 1. The van der Waals surface area contributed by atoms with Gasteiger partial charge in [-0.3, -0.25) is 9.59 Å². The Balaban J connectivity index is 1.46. The van der Waals surface area contributed by atoms with Crippen LogP contribution in [0, 0.1) is 0 Å². The molecule has 0 spiro atoms. The number of hydrogen-bond acceptors (Lipinski definition) is 3. The van der Waals surface area contributed by atoms with E-state index in [2.05, 4.69) is 5.32 Å². The molecule has 29 heavy (non-hydrogen) atoms. The number of benzene rings is 3. The number of rotatable bonds is 5. The first-order chi connectivity index (χ1) is 14.2. The van der Waals surface area contributed by atoms with Crippen LogP contribution in [0.4, 0.5) is 11.4 Å². The van der Waals surface area contributed by atoms with E-state index in [1.807, 2.05) is 72.8 Å². The van der Waals surface area contributed by atoms with E-state index in [0.29, 0.717) is 12.1 Å². The third kappa shape index (κ3) is 4.05. The molecule has 2 amide bonds. The van der Waals surface area contributed by atoms with Gasteiger partial charge in [0.1, 0.15) is 6.61 Å². The topological polar surface area (TPSA) is 58.6 Å². The maximum Gasteiger partial charge on any atom is 0.255 e. The van der Waals surface area contributed by atoms with Crippen molar-refractivity contribution in [3.8, 4) is 11.1 Å². The Labute approximate surface area is 169 Å². The first kappa shape index (κ1) is 18.9. The minimum atomic E-state index is -0.158. The van der Waals surface area contributed by atoms with Crippen LogP contribution < -0.4 is 10.2 Å². The predicted octanol–water partition coefficient (Wildman–Crippen LogP) is 4.14. The summed E-state index contributed by atoms with van der Waals surface area (Å²) in [5, 5.41) is 2.95. The normalized spacial score (nSPS) is 12.5. The van der Waals surface area contributed by atoms with Gasteiger partial charge in [0.25, 0.3) is 11.8 Å². The Kier molecular flexibility index (Phi) is 5.40. The minimum Gasteiger partial charge on any atom is -0.375 e. The molecule has 4 rings (SSSR count). The zero-order valence-electron chi connectivity index (χ0n) is 16.2. The molecule has 0 saturated carbocycles. The average Bonchev–Trinajstić information content (AvgIpc) is 3.18. The van der Waals surface area contributed by atoms with Crippen molar-refractivity contribution in [1.29, 1.82) is 0 Å². The van der Waals surface area contributed by atoms with Crippen LogP contribution in [0.5, 0.6) is 0 Å². The molecule has 0 bridgehead atoms. The van der Waals surface area contributed by atoms with Crippen molar-refractivity contribution in [2.75, 3.05) is 30.5 Å². The lowest BCUT2D eigenvalue weighted by atomic mass is 10.0. The van der Waals surface area contributed by atoms with Crippen LogP contribution in [0.2, 0.25) is 0 Å². The van der Waals surface area contributed by atoms with Gasteiger partial charge in [0, 0.05) is 30.6 Å². The maximum absolute atomic E-state index is 12.6. The average molecular weight is 386 g/mol. The molecule has 0 radical (unpaired) electrons. The molecule has 0 aromatic heterocycles. The summed E-state index contributed by atoms with van der Waals surface area (Å²) in [6.07, 6.45) is 0.764. The van der Waals surface area contributed by atoms with E-state index >= 15 is 0 Å². The first-order valence-corrected chi connectivity index (χ1v) is 9.55. The molecule has 0 atom stereocenters. The SMILES string of the molecule is COCC(=O)N1CCc2cc(NC(=O)c3ccc(-c4ccccc4)cc3)ccc21. The number of amides is 2. The van der Waals surface area contributed by atoms with Crippen LogP contribution in [0.15, 0.2) is 72.8 Å². The van der Waals surface area contributed by atoms with Crippen molar-refractivity contribution >= 4 is 23.2 Å². The highest BCUT2D eigenvalue weighted by Gasteiger charge is 2.24. The van der Waals surface area contributed by atoms with Crippen molar-refractivity contribution in [2.24, 2.45) is 0 Å². The molecule has 0 unspecified atom stereocenters. The van der Waals surface area contributed by atoms with E-state index in [4.69, 9.17) is 4.74 Å². The predicted molar refractivity (Wildman–Crippen MR) is 114 cm³/mol. The number of carbonyl (C=O) groups excluding carboxylic acids is 2. The standard InChI is InChI=1S/C24H22N2O3/c1-29-16-23(27)26-14-13-20-15-21(11-12-22(20)26)25-24(28)19-9-7-18(8-10-19)17-5-3-2-4-6-17/h2-12,15H,13-14,16H2,1H3,(H,25,28). The Morgan fingerprint density at radius 1 is 0.966 bits per heavy atom. The van der Waals surface area contributed by atoms with Crippen LogP contribution in [0.1, 0.15) is 15.9 Å². The molecule has 0 aliphatic carbocycles. The largest absolute Gasteiger partial charge is 0.375 e. The molecule has 1 N–H and O–H groups in total. The highest BCUT2D eigenvalue weighted by atomic mass is 16.5. The van der Waals surface area contributed by atoms with Crippen molar-refractivity contribution in [1.82, 2.24) is 0 Å². The van der Waals surface area contributed by atoms with Gasteiger partial charge in [-0.15, -0.1) is 0 Å². The summed E-state index contributed by atoms with van der Waals surface area (Å²) in [6, 6.07) is 23.3. The fourth-order valence-corrected chi connectivity index (χ4v) is 3.59. The van der Waals surface area contributed by atoms with E-state index in [0.717, 1.165) is 34.5 Å². The molecule has 1 aliphatic heterocycles. The zero-order chi connectivity index (χ0) is 20.2. The van der Waals surface area contributed by atoms with Gasteiger partial charge in [0.2, 0.25) is 0 Å². The monoisotopic (exact) mass is 386 g/mol. The zero-order valence-corrected chi connectivity index (χ0v) is 16.2. The molecule has 1 heterocycles. The van der Waals surface area contributed by atoms with Gasteiger partial charge >= 0.3 is 0 Å². The van der Waals surface area contributed by atoms with Gasteiger partial charge in [-0.05, 0) is 53.4 Å². The lowest BCUT2D eigenvalue weighted by molar-refractivity contribution is -0.122. The summed E-state index contributed by atoms with van der Waals surface area (Å²) in [5.74, 6) is -0.212. The summed E-state index contributed by atoms with van der Waals surface area (Å²) in [7, 11) is 1.51. The second-order valence-electron chi connectivity index (χ2n) is 6.97.